The van der Waals surface area contributed by atoms with Crippen molar-refractivity contribution >= 4 is 9.84 Å². The Kier molecular flexibility index (Phi) is 4.58. The third kappa shape index (κ3) is 4.04. The van der Waals surface area contributed by atoms with Crippen LogP contribution in [0.15, 0.2) is 6.20 Å². The summed E-state index contributed by atoms with van der Waals surface area (Å²) in [5, 5.41) is 6.55. The van der Waals surface area contributed by atoms with Crippen molar-refractivity contribution in [3.05, 3.63) is 17.5 Å². The van der Waals surface area contributed by atoms with Gasteiger partial charge in [-0.2, -0.15) is 5.10 Å². The summed E-state index contributed by atoms with van der Waals surface area (Å²) in [5.74, 6) is -0.201. The number of nitrogens with one attached hydrogen (secondary N) is 1. The van der Waals surface area contributed by atoms with Crippen molar-refractivity contribution in [3.63, 3.8) is 0 Å². The second kappa shape index (κ2) is 5.54. The Morgan fingerprint density at radius 3 is 2.65 bits per heavy atom. The van der Waals surface area contributed by atoms with Gasteiger partial charge in [0.2, 0.25) is 0 Å². The second-order valence-corrected chi connectivity index (χ2v) is 6.00. The maximum Gasteiger partial charge on any atom is 0.280 e. The summed E-state index contributed by atoms with van der Waals surface area (Å²) >= 11 is 0. The minimum atomic E-state index is -3.19. The molecule has 0 radical (unpaired) electrons. The van der Waals surface area contributed by atoms with Crippen LogP contribution >= 0.6 is 0 Å². The molecule has 0 bridgehead atoms. The number of aromatic nitrogens is 2. The fourth-order valence-corrected chi connectivity index (χ4v) is 1.95. The largest absolute Gasteiger partial charge is 0.316 e. The summed E-state index contributed by atoms with van der Waals surface area (Å²) in [6, 6.07) is 0. The highest BCUT2D eigenvalue weighted by Gasteiger charge is 2.20. The van der Waals surface area contributed by atoms with Crippen molar-refractivity contribution in [2.24, 2.45) is 0 Å². The van der Waals surface area contributed by atoms with E-state index in [0.717, 1.165) is 10.9 Å². The van der Waals surface area contributed by atoms with Crippen LogP contribution in [-0.2, 0) is 22.9 Å². The minimum Gasteiger partial charge on any atom is -0.316 e. The molecule has 8 heteroatoms. The lowest BCUT2D eigenvalue weighted by molar-refractivity contribution is 0.138. The van der Waals surface area contributed by atoms with E-state index in [9.17, 15) is 17.2 Å². The number of sulfone groups is 1. The van der Waals surface area contributed by atoms with Crippen molar-refractivity contribution < 1.29 is 17.2 Å². The summed E-state index contributed by atoms with van der Waals surface area (Å²) in [6.07, 6.45) is -0.270. The molecule has 0 saturated carbocycles. The maximum atomic E-state index is 12.8. The van der Waals surface area contributed by atoms with Gasteiger partial charge in [-0.25, -0.2) is 17.2 Å². The number of nitrogens with zero attached hydrogens (tertiary/aromatic N) is 2. The Morgan fingerprint density at radius 1 is 1.53 bits per heavy atom. The number of hydrogen-bond acceptors (Lipinski definition) is 4. The van der Waals surface area contributed by atoms with Crippen molar-refractivity contribution in [1.29, 1.82) is 0 Å². The van der Waals surface area contributed by atoms with Crippen LogP contribution in [0.3, 0.4) is 0 Å². The highest BCUT2D eigenvalue weighted by Crippen LogP contribution is 2.22. The molecule has 0 unspecified atom stereocenters. The molecule has 1 rings (SSSR count). The summed E-state index contributed by atoms with van der Waals surface area (Å²) in [7, 11) is -1.55. The molecule has 0 fully saturated rings. The van der Waals surface area contributed by atoms with E-state index in [4.69, 9.17) is 0 Å². The Hall–Kier alpha value is -1.02. The van der Waals surface area contributed by atoms with E-state index in [1.807, 2.05) is 0 Å². The molecule has 1 heterocycles. The molecule has 1 aromatic heterocycles. The van der Waals surface area contributed by atoms with E-state index in [-0.39, 0.29) is 24.5 Å². The Labute approximate surface area is 98.7 Å². The van der Waals surface area contributed by atoms with Gasteiger partial charge in [-0.15, -0.1) is 0 Å². The second-order valence-electron chi connectivity index (χ2n) is 3.74. The van der Waals surface area contributed by atoms with Crippen molar-refractivity contribution in [2.75, 3.05) is 19.1 Å². The molecule has 0 aliphatic rings. The molecule has 0 aliphatic carbocycles. The van der Waals surface area contributed by atoms with E-state index in [1.165, 1.54) is 6.20 Å². The highest BCUT2D eigenvalue weighted by atomic mass is 32.2. The zero-order chi connectivity index (χ0) is 13.1. The van der Waals surface area contributed by atoms with Gasteiger partial charge in [-0.3, -0.25) is 4.68 Å². The maximum absolute atomic E-state index is 12.8. The molecule has 0 spiro atoms. The Bertz CT molecular complexity index is 471. The topological polar surface area (TPSA) is 64.0 Å². The third-order valence-electron chi connectivity index (χ3n) is 2.21. The monoisotopic (exact) mass is 267 g/mol. The normalized spacial score (nSPS) is 12.3. The van der Waals surface area contributed by atoms with Gasteiger partial charge in [0.15, 0.2) is 0 Å². The predicted molar refractivity (Wildman–Crippen MR) is 59.7 cm³/mol. The van der Waals surface area contributed by atoms with Crippen LogP contribution in [0.25, 0.3) is 0 Å². The van der Waals surface area contributed by atoms with Crippen molar-refractivity contribution in [1.82, 2.24) is 15.1 Å². The number of halogens is 2. The first-order valence-electron chi connectivity index (χ1n) is 5.00. The van der Waals surface area contributed by atoms with Crippen molar-refractivity contribution in [3.8, 4) is 0 Å². The van der Waals surface area contributed by atoms with Gasteiger partial charge < -0.3 is 5.32 Å². The van der Waals surface area contributed by atoms with Crippen LogP contribution in [-0.4, -0.2) is 37.3 Å². The summed E-state index contributed by atoms with van der Waals surface area (Å²) in [6.45, 7) is 0.223. The standard InChI is InChI=1S/C9H15F2N3O2S/c1-12-5-7-6-13-14(8(7)9(10)11)3-4-17(2,15)16/h6,9,12H,3-5H2,1-2H3. The van der Waals surface area contributed by atoms with Crippen LogP contribution in [0.5, 0.6) is 0 Å². The first kappa shape index (κ1) is 14.0. The molecule has 0 aromatic carbocycles. The van der Waals surface area contributed by atoms with E-state index < -0.39 is 16.3 Å². The van der Waals surface area contributed by atoms with Crippen LogP contribution in [0.2, 0.25) is 0 Å². The summed E-state index contributed by atoms with van der Waals surface area (Å²) < 4.78 is 48.7. The molecule has 17 heavy (non-hydrogen) atoms. The van der Waals surface area contributed by atoms with Gasteiger partial charge in [-0.05, 0) is 7.05 Å². The van der Waals surface area contributed by atoms with Gasteiger partial charge in [-0.1, -0.05) is 0 Å². The van der Waals surface area contributed by atoms with Crippen LogP contribution < -0.4 is 5.32 Å². The van der Waals surface area contributed by atoms with Crippen LogP contribution in [0, 0.1) is 0 Å². The lowest BCUT2D eigenvalue weighted by atomic mass is 10.2. The molecule has 1 N–H and O–H groups in total. The average molecular weight is 267 g/mol. The highest BCUT2D eigenvalue weighted by molar-refractivity contribution is 7.90. The lowest BCUT2D eigenvalue weighted by Gasteiger charge is -2.08. The molecule has 0 aliphatic heterocycles. The van der Waals surface area contributed by atoms with E-state index >= 15 is 0 Å². The zero-order valence-electron chi connectivity index (χ0n) is 9.65. The third-order valence-corrected chi connectivity index (χ3v) is 3.13. The van der Waals surface area contributed by atoms with Gasteiger partial charge in [0.25, 0.3) is 6.43 Å². The van der Waals surface area contributed by atoms with E-state index in [0.29, 0.717) is 5.56 Å². The fourth-order valence-electron chi connectivity index (χ4n) is 1.44. The first-order chi connectivity index (χ1) is 7.85. The van der Waals surface area contributed by atoms with Gasteiger partial charge in [0.05, 0.1) is 18.5 Å². The number of alkyl halides is 2. The minimum absolute atomic E-state index is 0.0534. The molecule has 0 saturated heterocycles. The molecule has 1 aromatic rings. The molecule has 0 atom stereocenters. The van der Waals surface area contributed by atoms with Crippen LogP contribution in [0.1, 0.15) is 17.7 Å². The van der Waals surface area contributed by atoms with Crippen molar-refractivity contribution in [2.45, 2.75) is 19.5 Å². The lowest BCUT2D eigenvalue weighted by Crippen LogP contribution is -2.16. The van der Waals surface area contributed by atoms with Gasteiger partial charge in [0.1, 0.15) is 15.5 Å². The predicted octanol–water partition coefficient (Wildman–Crippen LogP) is 0.585. The molecule has 0 amide bonds. The number of rotatable bonds is 6. The SMILES string of the molecule is CNCc1cnn(CCS(C)(=O)=O)c1C(F)F. The number of hydrogen-bond donors (Lipinski definition) is 1. The average Bonchev–Trinajstić information content (AvgIpc) is 2.57. The molecule has 98 valence electrons. The molecule has 5 nitrogen and oxygen atoms in total. The van der Waals surface area contributed by atoms with Gasteiger partial charge in [0, 0.05) is 18.4 Å². The van der Waals surface area contributed by atoms with Crippen LogP contribution in [0.4, 0.5) is 8.78 Å². The Balaban J connectivity index is 2.92. The first-order valence-corrected chi connectivity index (χ1v) is 7.06. The quantitative estimate of drug-likeness (QED) is 0.819. The zero-order valence-corrected chi connectivity index (χ0v) is 10.5. The van der Waals surface area contributed by atoms with E-state index in [1.54, 1.807) is 7.05 Å². The Morgan fingerprint density at radius 2 is 2.18 bits per heavy atom. The fraction of sp³-hybridized carbons (Fsp3) is 0.667. The summed E-state index contributed by atoms with van der Waals surface area (Å²) in [4.78, 5) is 0. The molecular formula is C9H15F2N3O2S. The van der Waals surface area contributed by atoms with Gasteiger partial charge >= 0.3 is 0 Å². The van der Waals surface area contributed by atoms with E-state index in [2.05, 4.69) is 10.4 Å². The summed E-state index contributed by atoms with van der Waals surface area (Å²) in [5.41, 5.74) is 0.166. The number of aryl methyl sites for hydroxylation is 1. The smallest absolute Gasteiger partial charge is 0.280 e. The molecular weight excluding hydrogens is 252 g/mol.